The lowest BCUT2D eigenvalue weighted by molar-refractivity contribution is 1.23. The molecule has 204 valence electrons. The first kappa shape index (κ1) is 24.6. The average molecular weight is 561 g/mol. The summed E-state index contributed by atoms with van der Waals surface area (Å²) in [5.74, 6) is 0. The molecule has 0 fully saturated rings. The lowest BCUT2D eigenvalue weighted by atomic mass is 9.93. The van der Waals surface area contributed by atoms with Gasteiger partial charge in [-0.3, -0.25) is 4.98 Å². The third-order valence-corrected chi connectivity index (χ3v) is 8.50. The molecule has 0 bridgehead atoms. The van der Waals surface area contributed by atoms with Gasteiger partial charge in [0.2, 0.25) is 0 Å². The topological polar surface area (TPSA) is 51.6 Å². The summed E-state index contributed by atoms with van der Waals surface area (Å²) >= 11 is 0. The standard InChI is InChI=1S/C40H24N4/c1-2-10-30-28(8-1)29-9-3-4-11-31(29)33-24-27(17-20-32(30)33)34-21-18-25-15-16-26-19-22-38(44-40(26)39(25)43-34)37-14-7-13-36(42-37)35-12-5-6-23-41-35/h1-24H. The monoisotopic (exact) mass is 560 g/mol. The van der Waals surface area contributed by atoms with Gasteiger partial charge in [0.25, 0.3) is 0 Å². The predicted octanol–water partition coefficient (Wildman–Crippen LogP) is 10.0. The van der Waals surface area contributed by atoms with E-state index in [9.17, 15) is 0 Å². The van der Waals surface area contributed by atoms with E-state index in [4.69, 9.17) is 15.0 Å². The molecule has 0 aliphatic rings. The molecule has 0 unspecified atom stereocenters. The van der Waals surface area contributed by atoms with Crippen molar-refractivity contribution in [1.29, 1.82) is 0 Å². The van der Waals surface area contributed by atoms with E-state index in [1.807, 2.05) is 42.5 Å². The molecule has 5 aromatic carbocycles. The van der Waals surface area contributed by atoms with Crippen molar-refractivity contribution in [3.05, 3.63) is 146 Å². The van der Waals surface area contributed by atoms with Crippen LogP contribution in [0.4, 0.5) is 0 Å². The van der Waals surface area contributed by atoms with Crippen molar-refractivity contribution in [3.63, 3.8) is 0 Å². The van der Waals surface area contributed by atoms with Gasteiger partial charge < -0.3 is 0 Å². The molecule has 0 saturated heterocycles. The van der Waals surface area contributed by atoms with Gasteiger partial charge in [-0.15, -0.1) is 0 Å². The molecule has 0 amide bonds. The average Bonchev–Trinajstić information content (AvgIpc) is 3.11. The zero-order valence-corrected chi connectivity index (χ0v) is 23.6. The van der Waals surface area contributed by atoms with Crippen molar-refractivity contribution >= 4 is 54.1 Å². The number of aromatic nitrogens is 4. The molecule has 0 aliphatic carbocycles. The normalized spacial score (nSPS) is 11.6. The van der Waals surface area contributed by atoms with E-state index in [0.29, 0.717) is 0 Å². The van der Waals surface area contributed by atoms with Crippen molar-refractivity contribution in [3.8, 4) is 34.0 Å². The van der Waals surface area contributed by atoms with Crippen molar-refractivity contribution in [2.45, 2.75) is 0 Å². The number of pyridine rings is 4. The van der Waals surface area contributed by atoms with Crippen LogP contribution in [0.3, 0.4) is 0 Å². The second-order valence-corrected chi connectivity index (χ2v) is 11.1. The number of benzene rings is 5. The minimum atomic E-state index is 0.803. The highest BCUT2D eigenvalue weighted by molar-refractivity contribution is 6.25. The van der Waals surface area contributed by atoms with Crippen LogP contribution < -0.4 is 0 Å². The lowest BCUT2D eigenvalue weighted by Gasteiger charge is -2.12. The Morgan fingerprint density at radius 1 is 0.318 bits per heavy atom. The Morgan fingerprint density at radius 3 is 1.48 bits per heavy atom. The quantitative estimate of drug-likeness (QED) is 0.202. The van der Waals surface area contributed by atoms with Gasteiger partial charge in [0.1, 0.15) is 0 Å². The summed E-state index contributed by atoms with van der Waals surface area (Å²) in [4.78, 5) is 19.7. The van der Waals surface area contributed by atoms with Crippen LogP contribution in [0.15, 0.2) is 146 Å². The van der Waals surface area contributed by atoms with Crippen LogP contribution in [0.2, 0.25) is 0 Å². The summed E-state index contributed by atoms with van der Waals surface area (Å²) in [5, 5.41) is 9.64. The summed E-state index contributed by atoms with van der Waals surface area (Å²) < 4.78 is 0. The van der Waals surface area contributed by atoms with E-state index >= 15 is 0 Å². The molecular formula is C40H24N4. The van der Waals surface area contributed by atoms with E-state index in [-0.39, 0.29) is 0 Å². The summed E-state index contributed by atoms with van der Waals surface area (Å²) in [6.45, 7) is 0. The molecule has 0 saturated carbocycles. The van der Waals surface area contributed by atoms with Gasteiger partial charge in [-0.05, 0) is 74.8 Å². The summed E-state index contributed by atoms with van der Waals surface area (Å²) in [6, 6.07) is 48.5. The highest BCUT2D eigenvalue weighted by atomic mass is 14.8. The maximum absolute atomic E-state index is 5.23. The van der Waals surface area contributed by atoms with E-state index in [1.165, 1.54) is 32.3 Å². The Kier molecular flexibility index (Phi) is 5.47. The van der Waals surface area contributed by atoms with E-state index < -0.39 is 0 Å². The minimum absolute atomic E-state index is 0.803. The highest BCUT2D eigenvalue weighted by Gasteiger charge is 2.13. The fourth-order valence-electron chi connectivity index (χ4n) is 6.37. The molecule has 4 heterocycles. The summed E-state index contributed by atoms with van der Waals surface area (Å²) in [7, 11) is 0. The molecule has 9 aromatic rings. The summed E-state index contributed by atoms with van der Waals surface area (Å²) in [6.07, 6.45) is 1.79. The van der Waals surface area contributed by atoms with Crippen LogP contribution in [0, 0.1) is 0 Å². The van der Waals surface area contributed by atoms with Gasteiger partial charge in [-0.1, -0.05) is 97.1 Å². The van der Waals surface area contributed by atoms with Crippen LogP contribution in [-0.2, 0) is 0 Å². The van der Waals surface area contributed by atoms with Gasteiger partial charge >= 0.3 is 0 Å². The van der Waals surface area contributed by atoms with Gasteiger partial charge in [-0.2, -0.15) is 0 Å². The fourth-order valence-corrected chi connectivity index (χ4v) is 6.37. The van der Waals surface area contributed by atoms with Crippen molar-refractivity contribution in [2.75, 3.05) is 0 Å². The first-order valence-corrected chi connectivity index (χ1v) is 14.7. The minimum Gasteiger partial charge on any atom is -0.255 e. The molecule has 44 heavy (non-hydrogen) atoms. The van der Waals surface area contributed by atoms with Gasteiger partial charge in [0, 0.05) is 22.5 Å². The van der Waals surface area contributed by atoms with E-state index in [1.54, 1.807) is 6.20 Å². The molecule has 9 rings (SSSR count). The molecule has 4 nitrogen and oxygen atoms in total. The second-order valence-electron chi connectivity index (χ2n) is 11.1. The molecule has 0 radical (unpaired) electrons. The highest BCUT2D eigenvalue weighted by Crippen LogP contribution is 2.37. The van der Waals surface area contributed by atoms with E-state index in [0.717, 1.165) is 55.8 Å². The summed E-state index contributed by atoms with van der Waals surface area (Å²) in [5.41, 5.74) is 7.01. The number of hydrogen-bond donors (Lipinski definition) is 0. The van der Waals surface area contributed by atoms with Gasteiger partial charge in [0.05, 0.1) is 39.5 Å². The Balaban J connectivity index is 1.21. The molecule has 0 N–H and O–H groups in total. The zero-order valence-electron chi connectivity index (χ0n) is 23.6. The van der Waals surface area contributed by atoms with Crippen LogP contribution in [0.1, 0.15) is 0 Å². The lowest BCUT2D eigenvalue weighted by Crippen LogP contribution is -1.94. The van der Waals surface area contributed by atoms with Gasteiger partial charge in [0.15, 0.2) is 0 Å². The zero-order chi connectivity index (χ0) is 29.0. The third kappa shape index (κ3) is 3.92. The second kappa shape index (κ2) is 9.79. The maximum Gasteiger partial charge on any atom is 0.0973 e. The van der Waals surface area contributed by atoms with Crippen LogP contribution in [0.5, 0.6) is 0 Å². The number of rotatable bonds is 3. The molecular weight excluding hydrogens is 536 g/mol. The number of hydrogen-bond acceptors (Lipinski definition) is 4. The third-order valence-electron chi connectivity index (χ3n) is 8.50. The molecule has 4 aromatic heterocycles. The molecule has 4 heteroatoms. The largest absolute Gasteiger partial charge is 0.255 e. The van der Waals surface area contributed by atoms with Crippen molar-refractivity contribution in [1.82, 2.24) is 19.9 Å². The van der Waals surface area contributed by atoms with Crippen molar-refractivity contribution in [2.24, 2.45) is 0 Å². The van der Waals surface area contributed by atoms with Crippen molar-refractivity contribution < 1.29 is 0 Å². The first-order chi connectivity index (χ1) is 21.8. The van der Waals surface area contributed by atoms with E-state index in [2.05, 4.69) is 102 Å². The Morgan fingerprint density at radius 2 is 0.818 bits per heavy atom. The van der Waals surface area contributed by atoms with Crippen LogP contribution in [-0.4, -0.2) is 19.9 Å². The maximum atomic E-state index is 5.23. The molecule has 0 spiro atoms. The molecule has 0 aliphatic heterocycles. The first-order valence-electron chi connectivity index (χ1n) is 14.7. The fraction of sp³-hybridized carbons (Fsp3) is 0. The predicted molar refractivity (Wildman–Crippen MR) is 181 cm³/mol. The molecule has 0 atom stereocenters. The van der Waals surface area contributed by atoms with Crippen LogP contribution >= 0.6 is 0 Å². The Labute approximate surface area is 253 Å². The Bertz CT molecular complexity index is 2520. The number of fused-ring (bicyclic) bond motifs is 9. The van der Waals surface area contributed by atoms with Crippen LogP contribution in [0.25, 0.3) is 88.2 Å². The SMILES string of the molecule is c1ccc(-c2cccc(-c3ccc4ccc5ccc(-c6ccc7c8ccccc8c8ccccc8c7c6)nc5c4n3)n2)nc1. The van der Waals surface area contributed by atoms with Gasteiger partial charge in [-0.25, -0.2) is 15.0 Å². The smallest absolute Gasteiger partial charge is 0.0973 e. The Hall–Kier alpha value is -6.00. The number of nitrogens with zero attached hydrogens (tertiary/aromatic N) is 4.